The molecule has 2 N–H and O–H groups in total. The molecule has 0 saturated heterocycles. The van der Waals surface area contributed by atoms with Crippen molar-refractivity contribution in [1.29, 1.82) is 0 Å². The minimum absolute atomic E-state index is 0.468. The highest BCUT2D eigenvalue weighted by Gasteiger charge is 2.06. The predicted octanol–water partition coefficient (Wildman–Crippen LogP) is 3.46. The zero-order chi connectivity index (χ0) is 18.6. The fourth-order valence-corrected chi connectivity index (χ4v) is 2.29. The molecule has 0 radical (unpaired) electrons. The van der Waals surface area contributed by atoms with Gasteiger partial charge in [0, 0.05) is 31.9 Å². The highest BCUT2D eigenvalue weighted by Crippen LogP contribution is 2.18. The van der Waals surface area contributed by atoms with Gasteiger partial charge in [-0.05, 0) is 31.4 Å². The van der Waals surface area contributed by atoms with Crippen LogP contribution in [0.25, 0.3) is 11.5 Å². The van der Waals surface area contributed by atoms with Gasteiger partial charge in [0.2, 0.25) is 5.89 Å². The maximum absolute atomic E-state index is 5.59. The lowest BCUT2D eigenvalue weighted by atomic mass is 10.2. The molecule has 6 heteroatoms. The highest BCUT2D eigenvalue weighted by molar-refractivity contribution is 5.79. The van der Waals surface area contributed by atoms with Crippen LogP contribution in [0.4, 0.5) is 0 Å². The minimum atomic E-state index is 0.468. The molecule has 2 rings (SSSR count). The summed E-state index contributed by atoms with van der Waals surface area (Å²) in [4.78, 5) is 9.07. The third-order valence-electron chi connectivity index (χ3n) is 3.52. The number of hydrogen-bond donors (Lipinski definition) is 2. The quantitative estimate of drug-likeness (QED) is 0.387. The van der Waals surface area contributed by atoms with Gasteiger partial charge in [0.15, 0.2) is 5.96 Å². The van der Waals surface area contributed by atoms with Crippen molar-refractivity contribution in [3.8, 4) is 11.5 Å². The second-order valence-corrected chi connectivity index (χ2v) is 6.45. The van der Waals surface area contributed by atoms with E-state index in [1.54, 1.807) is 6.26 Å². The lowest BCUT2D eigenvalue weighted by Crippen LogP contribution is -2.38. The molecule has 6 nitrogen and oxygen atoms in total. The molecule has 1 aromatic heterocycles. The van der Waals surface area contributed by atoms with Crippen LogP contribution in [0.2, 0.25) is 0 Å². The largest absolute Gasteiger partial charge is 0.444 e. The Morgan fingerprint density at radius 3 is 2.77 bits per heavy atom. The number of nitrogens with zero attached hydrogens (tertiary/aromatic N) is 2. The van der Waals surface area contributed by atoms with Crippen molar-refractivity contribution in [3.63, 3.8) is 0 Å². The molecule has 1 aromatic carbocycles. The van der Waals surface area contributed by atoms with Crippen molar-refractivity contribution >= 4 is 5.96 Å². The fourth-order valence-electron chi connectivity index (χ4n) is 2.29. The van der Waals surface area contributed by atoms with E-state index in [2.05, 4.69) is 34.5 Å². The van der Waals surface area contributed by atoms with Crippen LogP contribution in [0, 0.1) is 5.92 Å². The molecule has 1 heterocycles. The van der Waals surface area contributed by atoms with Gasteiger partial charge in [-0.15, -0.1) is 0 Å². The zero-order valence-electron chi connectivity index (χ0n) is 16.0. The number of guanidine groups is 1. The van der Waals surface area contributed by atoms with Crippen LogP contribution in [-0.2, 0) is 11.3 Å². The second kappa shape index (κ2) is 11.3. The molecule has 0 aliphatic carbocycles. The Morgan fingerprint density at radius 2 is 2.04 bits per heavy atom. The average Bonchev–Trinajstić information content (AvgIpc) is 3.12. The summed E-state index contributed by atoms with van der Waals surface area (Å²) in [6.45, 7) is 10.0. The third-order valence-corrected chi connectivity index (χ3v) is 3.52. The number of aromatic nitrogens is 1. The normalized spacial score (nSPS) is 11.8. The molecule has 0 fully saturated rings. The van der Waals surface area contributed by atoms with Crippen molar-refractivity contribution in [3.05, 3.63) is 42.3 Å². The summed E-state index contributed by atoms with van der Waals surface area (Å²) in [5, 5.41) is 6.56. The Balaban J connectivity index is 1.80. The van der Waals surface area contributed by atoms with E-state index in [4.69, 9.17) is 9.15 Å². The molecule has 0 amide bonds. The maximum Gasteiger partial charge on any atom is 0.226 e. The molecule has 0 bridgehead atoms. The Hall–Kier alpha value is -2.34. The molecule has 0 spiro atoms. The van der Waals surface area contributed by atoms with Crippen molar-refractivity contribution in [1.82, 2.24) is 15.6 Å². The lowest BCUT2D eigenvalue weighted by Gasteiger charge is -2.11. The molecule has 26 heavy (non-hydrogen) atoms. The molecule has 0 unspecified atom stereocenters. The number of hydrogen-bond acceptors (Lipinski definition) is 4. The van der Waals surface area contributed by atoms with Gasteiger partial charge in [-0.1, -0.05) is 32.0 Å². The lowest BCUT2D eigenvalue weighted by molar-refractivity contribution is 0.108. The first-order valence-electron chi connectivity index (χ1n) is 9.28. The molecule has 2 aromatic rings. The second-order valence-electron chi connectivity index (χ2n) is 6.45. The van der Waals surface area contributed by atoms with Crippen molar-refractivity contribution in [2.24, 2.45) is 10.9 Å². The zero-order valence-corrected chi connectivity index (χ0v) is 16.0. The molecule has 0 aliphatic rings. The number of benzene rings is 1. The summed E-state index contributed by atoms with van der Waals surface area (Å²) >= 11 is 0. The van der Waals surface area contributed by atoms with Gasteiger partial charge in [0.1, 0.15) is 12.0 Å². The fraction of sp³-hybridized carbons (Fsp3) is 0.500. The highest BCUT2D eigenvalue weighted by atomic mass is 16.5. The number of aliphatic imine (C=N–C) groups is 1. The first-order valence-corrected chi connectivity index (χ1v) is 9.28. The Kier molecular flexibility index (Phi) is 8.69. The van der Waals surface area contributed by atoms with Gasteiger partial charge >= 0.3 is 0 Å². The summed E-state index contributed by atoms with van der Waals surface area (Å²) in [5.41, 5.74) is 1.77. The first-order chi connectivity index (χ1) is 12.7. The first kappa shape index (κ1) is 20.0. The van der Waals surface area contributed by atoms with Gasteiger partial charge in [-0.2, -0.15) is 0 Å². The average molecular weight is 358 g/mol. The van der Waals surface area contributed by atoms with Crippen molar-refractivity contribution < 1.29 is 9.15 Å². The number of oxazole rings is 1. The van der Waals surface area contributed by atoms with E-state index in [0.29, 0.717) is 18.4 Å². The summed E-state index contributed by atoms with van der Waals surface area (Å²) in [6, 6.07) is 9.86. The van der Waals surface area contributed by atoms with Crippen LogP contribution in [0.15, 0.2) is 46.0 Å². The molecular weight excluding hydrogens is 328 g/mol. The van der Waals surface area contributed by atoms with Crippen molar-refractivity contribution in [2.75, 3.05) is 26.3 Å². The van der Waals surface area contributed by atoms with Crippen molar-refractivity contribution in [2.45, 2.75) is 33.7 Å². The number of ether oxygens (including phenoxy) is 1. The number of nitrogens with one attached hydrogen (secondary N) is 2. The molecule has 0 aliphatic heterocycles. The predicted molar refractivity (Wildman–Crippen MR) is 105 cm³/mol. The van der Waals surface area contributed by atoms with Crippen LogP contribution >= 0.6 is 0 Å². The van der Waals surface area contributed by atoms with E-state index in [1.165, 1.54) is 0 Å². The van der Waals surface area contributed by atoms with Crippen LogP contribution in [-0.4, -0.2) is 37.2 Å². The van der Waals surface area contributed by atoms with E-state index in [9.17, 15) is 0 Å². The Bertz CT molecular complexity index is 653. The standard InChI is InChI=1S/C20H30N4O2/c1-4-21-20(22-11-8-12-25-14-16(2)3)23-13-18-15-26-19(24-18)17-9-6-5-7-10-17/h5-7,9-10,15-16H,4,8,11-14H2,1-3H3,(H2,21,22,23). The van der Waals surface area contributed by atoms with E-state index >= 15 is 0 Å². The van der Waals surface area contributed by atoms with E-state index in [0.717, 1.165) is 49.9 Å². The van der Waals surface area contributed by atoms with Crippen LogP contribution in [0.1, 0.15) is 32.9 Å². The van der Waals surface area contributed by atoms with Gasteiger partial charge in [-0.3, -0.25) is 0 Å². The molecule has 0 saturated carbocycles. The Labute approximate surface area is 156 Å². The van der Waals surface area contributed by atoms with Crippen LogP contribution in [0.3, 0.4) is 0 Å². The maximum atomic E-state index is 5.59. The SMILES string of the molecule is CCNC(=NCc1coc(-c2ccccc2)n1)NCCCOCC(C)C. The third kappa shape index (κ3) is 7.27. The Morgan fingerprint density at radius 1 is 1.23 bits per heavy atom. The van der Waals surface area contributed by atoms with Crippen LogP contribution < -0.4 is 10.6 Å². The molecular formula is C20H30N4O2. The summed E-state index contributed by atoms with van der Waals surface area (Å²) in [5.74, 6) is 1.97. The van der Waals surface area contributed by atoms with E-state index in [1.807, 2.05) is 37.3 Å². The molecule has 0 atom stereocenters. The summed E-state index contributed by atoms with van der Waals surface area (Å²) in [7, 11) is 0. The van der Waals surface area contributed by atoms with Gasteiger partial charge in [-0.25, -0.2) is 9.98 Å². The van der Waals surface area contributed by atoms with E-state index < -0.39 is 0 Å². The van der Waals surface area contributed by atoms with Gasteiger partial charge in [0.05, 0.1) is 6.54 Å². The smallest absolute Gasteiger partial charge is 0.226 e. The summed E-state index contributed by atoms with van der Waals surface area (Å²) < 4.78 is 11.1. The molecule has 142 valence electrons. The summed E-state index contributed by atoms with van der Waals surface area (Å²) in [6.07, 6.45) is 2.61. The minimum Gasteiger partial charge on any atom is -0.444 e. The van der Waals surface area contributed by atoms with Crippen LogP contribution in [0.5, 0.6) is 0 Å². The van der Waals surface area contributed by atoms with Gasteiger partial charge < -0.3 is 19.8 Å². The van der Waals surface area contributed by atoms with Gasteiger partial charge in [0.25, 0.3) is 0 Å². The monoisotopic (exact) mass is 358 g/mol. The number of rotatable bonds is 10. The topological polar surface area (TPSA) is 71.7 Å². The van der Waals surface area contributed by atoms with E-state index in [-0.39, 0.29) is 0 Å².